The van der Waals surface area contributed by atoms with Crippen LogP contribution in [0.4, 0.5) is 4.79 Å². The van der Waals surface area contributed by atoms with Gasteiger partial charge in [0.2, 0.25) is 0 Å². The molecule has 0 fully saturated rings. The van der Waals surface area contributed by atoms with Crippen LogP contribution in [0.3, 0.4) is 0 Å². The van der Waals surface area contributed by atoms with Gasteiger partial charge >= 0.3 is 12.1 Å². The van der Waals surface area contributed by atoms with Crippen molar-refractivity contribution in [2.75, 3.05) is 38.7 Å². The smallest absolute Gasteiger partial charge is 0.409 e. The third-order valence-corrected chi connectivity index (χ3v) is 6.25. The third-order valence-electron chi connectivity index (χ3n) is 5.13. The minimum atomic E-state index is -0.972. The van der Waals surface area contributed by atoms with Crippen LogP contribution in [0.15, 0.2) is 54.6 Å². The predicted molar refractivity (Wildman–Crippen MR) is 139 cm³/mol. The first-order valence-corrected chi connectivity index (χ1v) is 13.3. The standard InChI is InChI=1S/C27H37NO6S/c1-3-17-34-27(31)28(15-8-19-35-21-23-9-6-5-7-10-23)16-18-33-24-13-11-22(12-14-24)20-25(26(29)30)32-4-2/h5-7,9-14,25H,3-4,8,15-21H2,1-2H3,(H,29,30). The van der Waals surface area contributed by atoms with Crippen LogP contribution < -0.4 is 4.74 Å². The van der Waals surface area contributed by atoms with Gasteiger partial charge in [-0.2, -0.15) is 11.8 Å². The summed E-state index contributed by atoms with van der Waals surface area (Å²) in [5.74, 6) is 1.60. The molecule has 0 aliphatic rings. The Kier molecular flexibility index (Phi) is 13.7. The Balaban J connectivity index is 1.78. The quantitative estimate of drug-likeness (QED) is 0.294. The van der Waals surface area contributed by atoms with Crippen molar-refractivity contribution in [3.05, 3.63) is 65.7 Å². The van der Waals surface area contributed by atoms with E-state index in [0.29, 0.717) is 45.1 Å². The number of carbonyl (C=O) groups excluding carboxylic acids is 1. The van der Waals surface area contributed by atoms with E-state index in [1.54, 1.807) is 24.0 Å². The highest BCUT2D eigenvalue weighted by atomic mass is 32.2. The number of carbonyl (C=O) groups is 2. The molecule has 192 valence electrons. The molecule has 0 spiro atoms. The lowest BCUT2D eigenvalue weighted by Crippen LogP contribution is -2.36. The van der Waals surface area contributed by atoms with E-state index in [9.17, 15) is 14.7 Å². The Bertz CT molecular complexity index is 862. The summed E-state index contributed by atoms with van der Waals surface area (Å²) in [6.45, 7) is 5.88. The van der Waals surface area contributed by atoms with Crippen molar-refractivity contribution in [1.82, 2.24) is 4.90 Å². The Labute approximate surface area is 212 Å². The SMILES string of the molecule is CCCOC(=O)N(CCCSCc1ccccc1)CCOc1ccc(CC(OCC)C(=O)O)cc1. The summed E-state index contributed by atoms with van der Waals surface area (Å²) < 4.78 is 16.4. The molecule has 2 rings (SSSR count). The van der Waals surface area contributed by atoms with Gasteiger partial charge in [0, 0.05) is 25.3 Å². The van der Waals surface area contributed by atoms with Gasteiger partial charge in [0.1, 0.15) is 12.4 Å². The molecular weight excluding hydrogens is 466 g/mol. The fourth-order valence-corrected chi connectivity index (χ4v) is 4.23. The van der Waals surface area contributed by atoms with Gasteiger partial charge in [-0.3, -0.25) is 0 Å². The molecule has 1 amide bonds. The molecule has 1 atom stereocenters. The number of aliphatic carboxylic acids is 1. The first-order valence-electron chi connectivity index (χ1n) is 12.1. The van der Waals surface area contributed by atoms with Crippen LogP contribution in [0.5, 0.6) is 5.75 Å². The van der Waals surface area contributed by atoms with Crippen LogP contribution in [-0.2, 0) is 26.4 Å². The lowest BCUT2D eigenvalue weighted by atomic mass is 10.1. The van der Waals surface area contributed by atoms with Gasteiger partial charge < -0.3 is 24.2 Å². The molecule has 0 saturated heterocycles. The zero-order valence-corrected chi connectivity index (χ0v) is 21.5. The second-order valence-corrected chi connectivity index (χ2v) is 9.08. The predicted octanol–water partition coefficient (Wildman–Crippen LogP) is 5.27. The number of ether oxygens (including phenoxy) is 3. The molecule has 1 N–H and O–H groups in total. The molecule has 8 heteroatoms. The van der Waals surface area contributed by atoms with Gasteiger partial charge in [0.15, 0.2) is 6.10 Å². The number of rotatable bonds is 17. The highest BCUT2D eigenvalue weighted by Gasteiger charge is 2.18. The minimum Gasteiger partial charge on any atom is -0.492 e. The average Bonchev–Trinajstić information content (AvgIpc) is 2.87. The second kappa shape index (κ2) is 16.8. The Morgan fingerprint density at radius 3 is 2.37 bits per heavy atom. The molecule has 0 heterocycles. The van der Waals surface area contributed by atoms with E-state index in [0.717, 1.165) is 29.9 Å². The summed E-state index contributed by atoms with van der Waals surface area (Å²) in [5.41, 5.74) is 2.16. The average molecular weight is 504 g/mol. The molecule has 0 aliphatic carbocycles. The molecule has 2 aromatic carbocycles. The summed E-state index contributed by atoms with van der Waals surface area (Å²) >= 11 is 1.85. The number of carboxylic acid groups (broad SMARTS) is 1. The van der Waals surface area contributed by atoms with Crippen molar-refractivity contribution >= 4 is 23.8 Å². The first-order chi connectivity index (χ1) is 17.0. The van der Waals surface area contributed by atoms with Crippen LogP contribution in [0, 0.1) is 0 Å². The zero-order chi connectivity index (χ0) is 25.3. The Morgan fingerprint density at radius 2 is 1.71 bits per heavy atom. The molecule has 7 nitrogen and oxygen atoms in total. The van der Waals surface area contributed by atoms with Crippen LogP contribution >= 0.6 is 11.8 Å². The highest BCUT2D eigenvalue weighted by molar-refractivity contribution is 7.98. The Hall–Kier alpha value is -2.71. The molecule has 0 radical (unpaired) electrons. The highest BCUT2D eigenvalue weighted by Crippen LogP contribution is 2.16. The first kappa shape index (κ1) is 28.5. The monoisotopic (exact) mass is 503 g/mol. The summed E-state index contributed by atoms with van der Waals surface area (Å²) in [5, 5.41) is 9.24. The topological polar surface area (TPSA) is 85.3 Å². The van der Waals surface area contributed by atoms with E-state index in [4.69, 9.17) is 14.2 Å². The molecule has 2 aromatic rings. The lowest BCUT2D eigenvalue weighted by molar-refractivity contribution is -0.149. The fourth-order valence-electron chi connectivity index (χ4n) is 3.32. The third kappa shape index (κ3) is 11.5. The van der Waals surface area contributed by atoms with E-state index in [2.05, 4.69) is 12.1 Å². The van der Waals surface area contributed by atoms with Gasteiger partial charge in [0.05, 0.1) is 13.2 Å². The van der Waals surface area contributed by atoms with Gasteiger partial charge in [-0.05, 0) is 48.8 Å². The van der Waals surface area contributed by atoms with Gasteiger partial charge in [-0.25, -0.2) is 9.59 Å². The molecule has 0 saturated carbocycles. The number of nitrogens with zero attached hydrogens (tertiary/aromatic N) is 1. The molecule has 1 unspecified atom stereocenters. The van der Waals surface area contributed by atoms with E-state index in [1.165, 1.54) is 5.56 Å². The van der Waals surface area contributed by atoms with E-state index < -0.39 is 12.1 Å². The van der Waals surface area contributed by atoms with Crippen LogP contribution in [0.1, 0.15) is 37.8 Å². The number of thioether (sulfide) groups is 1. The van der Waals surface area contributed by atoms with Gasteiger partial charge in [-0.1, -0.05) is 49.4 Å². The summed E-state index contributed by atoms with van der Waals surface area (Å²) in [7, 11) is 0. The summed E-state index contributed by atoms with van der Waals surface area (Å²) in [6.07, 6.45) is 0.775. The normalized spacial score (nSPS) is 11.6. The second-order valence-electron chi connectivity index (χ2n) is 7.97. The molecule has 0 bridgehead atoms. The Morgan fingerprint density at radius 1 is 0.971 bits per heavy atom. The van der Waals surface area contributed by atoms with Gasteiger partial charge in [0.25, 0.3) is 0 Å². The van der Waals surface area contributed by atoms with Gasteiger partial charge in [-0.15, -0.1) is 0 Å². The summed E-state index contributed by atoms with van der Waals surface area (Å²) in [4.78, 5) is 25.4. The van der Waals surface area contributed by atoms with Crippen molar-refractivity contribution < 1.29 is 28.9 Å². The maximum absolute atomic E-state index is 12.5. The molecule has 0 aliphatic heterocycles. The fraction of sp³-hybridized carbons (Fsp3) is 0.481. The van der Waals surface area contributed by atoms with E-state index >= 15 is 0 Å². The zero-order valence-electron chi connectivity index (χ0n) is 20.7. The van der Waals surface area contributed by atoms with Crippen LogP contribution in [-0.4, -0.2) is 66.8 Å². The molecule has 35 heavy (non-hydrogen) atoms. The maximum atomic E-state index is 12.5. The maximum Gasteiger partial charge on any atom is 0.409 e. The summed E-state index contributed by atoms with van der Waals surface area (Å²) in [6, 6.07) is 17.6. The van der Waals surface area contributed by atoms with E-state index in [-0.39, 0.29) is 6.09 Å². The number of amides is 1. The number of hydrogen-bond acceptors (Lipinski definition) is 6. The largest absolute Gasteiger partial charge is 0.492 e. The minimum absolute atomic E-state index is 0.294. The molecule has 0 aromatic heterocycles. The van der Waals surface area contributed by atoms with Crippen molar-refractivity contribution in [3.63, 3.8) is 0 Å². The number of benzene rings is 2. The number of hydrogen-bond donors (Lipinski definition) is 1. The van der Waals surface area contributed by atoms with Crippen LogP contribution in [0.25, 0.3) is 0 Å². The van der Waals surface area contributed by atoms with E-state index in [1.807, 2.05) is 49.0 Å². The van der Waals surface area contributed by atoms with Crippen molar-refractivity contribution in [2.45, 2.75) is 45.0 Å². The number of carboxylic acids is 1. The molecular formula is C27H37NO6S. The van der Waals surface area contributed by atoms with Crippen LogP contribution in [0.2, 0.25) is 0 Å². The van der Waals surface area contributed by atoms with Crippen molar-refractivity contribution in [3.8, 4) is 5.75 Å². The lowest BCUT2D eigenvalue weighted by Gasteiger charge is -2.22. The van der Waals surface area contributed by atoms with Crippen molar-refractivity contribution in [2.24, 2.45) is 0 Å². The van der Waals surface area contributed by atoms with Crippen molar-refractivity contribution in [1.29, 1.82) is 0 Å².